The minimum Gasteiger partial charge on any atom is -0.466 e. The molecule has 1 rings (SSSR count). The summed E-state index contributed by atoms with van der Waals surface area (Å²) >= 11 is 0. The maximum atomic E-state index is 13.0. The van der Waals surface area contributed by atoms with Crippen LogP contribution in [0.4, 0.5) is 8.78 Å². The van der Waals surface area contributed by atoms with Gasteiger partial charge in [0.1, 0.15) is 11.5 Å². The van der Waals surface area contributed by atoms with Crippen LogP contribution in [0, 0.1) is 11.6 Å². The molecule has 1 aromatic carbocycles. The Bertz CT molecular complexity index is 640. The molecule has 0 spiro atoms. The number of benzene rings is 1. The molecule has 0 heterocycles. The number of sulfone groups is 1. The predicted molar refractivity (Wildman–Crippen MR) is 69.3 cm³/mol. The molecule has 0 atom stereocenters. The molecule has 0 aliphatic rings. The molecule has 0 aromatic heterocycles. The highest BCUT2D eigenvalue weighted by molar-refractivity contribution is 7.92. The molecule has 0 aliphatic carbocycles. The van der Waals surface area contributed by atoms with Crippen molar-refractivity contribution >= 4 is 21.6 Å². The number of esters is 1. The molecule has 116 valence electrons. The molecule has 8 heteroatoms. The second-order valence-corrected chi connectivity index (χ2v) is 6.17. The van der Waals surface area contributed by atoms with Crippen molar-refractivity contribution in [1.29, 1.82) is 0 Å². The van der Waals surface area contributed by atoms with Crippen molar-refractivity contribution in [2.45, 2.75) is 24.7 Å². The minimum atomic E-state index is -4.07. The summed E-state index contributed by atoms with van der Waals surface area (Å²) in [7, 11) is -4.07. The van der Waals surface area contributed by atoms with E-state index in [2.05, 4.69) is 4.74 Å². The Morgan fingerprint density at radius 2 is 1.81 bits per heavy atom. The normalized spacial score (nSPS) is 11.2. The van der Waals surface area contributed by atoms with Gasteiger partial charge in [0.2, 0.25) is 0 Å². The third-order valence-corrected chi connectivity index (χ3v) is 4.19. The van der Waals surface area contributed by atoms with Gasteiger partial charge < -0.3 is 4.74 Å². The van der Waals surface area contributed by atoms with E-state index in [1.807, 2.05) is 0 Å². The van der Waals surface area contributed by atoms with Gasteiger partial charge in [-0.2, -0.15) is 0 Å². The zero-order valence-corrected chi connectivity index (χ0v) is 12.1. The molecule has 0 unspecified atom stereocenters. The summed E-state index contributed by atoms with van der Waals surface area (Å²) in [5, 5.41) is 0. The fourth-order valence-electron chi connectivity index (χ4n) is 1.51. The maximum absolute atomic E-state index is 13.0. The van der Waals surface area contributed by atoms with Crippen molar-refractivity contribution < 1.29 is 31.5 Å². The van der Waals surface area contributed by atoms with Crippen molar-refractivity contribution in [2.24, 2.45) is 0 Å². The van der Waals surface area contributed by atoms with Crippen LogP contribution in [0.5, 0.6) is 0 Å². The van der Waals surface area contributed by atoms with E-state index in [4.69, 9.17) is 0 Å². The average molecular weight is 320 g/mol. The highest BCUT2D eigenvalue weighted by Crippen LogP contribution is 2.16. The zero-order chi connectivity index (χ0) is 16.0. The highest BCUT2D eigenvalue weighted by Gasteiger charge is 2.21. The molecule has 21 heavy (non-hydrogen) atoms. The summed E-state index contributed by atoms with van der Waals surface area (Å²) in [4.78, 5) is 22.1. The number of carbonyl (C=O) groups excluding carboxylic acids is 2. The number of hydrogen-bond donors (Lipinski definition) is 0. The van der Waals surface area contributed by atoms with Crippen molar-refractivity contribution in [3.8, 4) is 0 Å². The monoisotopic (exact) mass is 320 g/mol. The van der Waals surface area contributed by atoms with E-state index in [1.165, 1.54) is 0 Å². The van der Waals surface area contributed by atoms with E-state index >= 15 is 0 Å². The van der Waals surface area contributed by atoms with Gasteiger partial charge in [0.25, 0.3) is 0 Å². The summed E-state index contributed by atoms with van der Waals surface area (Å²) in [6.45, 7) is 1.77. The second-order valence-electron chi connectivity index (χ2n) is 4.18. The summed E-state index contributed by atoms with van der Waals surface area (Å²) in [5.74, 6) is -4.67. The Morgan fingerprint density at radius 3 is 2.38 bits per heavy atom. The van der Waals surface area contributed by atoms with Gasteiger partial charge in [-0.15, -0.1) is 0 Å². The van der Waals surface area contributed by atoms with E-state index in [-0.39, 0.29) is 19.4 Å². The fraction of sp³-hybridized carbons (Fsp3) is 0.385. The Balaban J connectivity index is 2.69. The Morgan fingerprint density at radius 1 is 1.14 bits per heavy atom. The summed E-state index contributed by atoms with van der Waals surface area (Å²) in [5.41, 5.74) is 0. The maximum Gasteiger partial charge on any atom is 0.306 e. The van der Waals surface area contributed by atoms with Gasteiger partial charge in [0.15, 0.2) is 21.5 Å². The first-order valence-corrected chi connectivity index (χ1v) is 7.76. The van der Waals surface area contributed by atoms with Crippen molar-refractivity contribution in [3.63, 3.8) is 0 Å². The molecule has 0 amide bonds. The fourth-order valence-corrected chi connectivity index (χ4v) is 2.81. The zero-order valence-electron chi connectivity index (χ0n) is 11.3. The number of Topliss-reactive ketones (excluding diaryl/α,β-unsaturated/α-hetero) is 1. The van der Waals surface area contributed by atoms with Crippen LogP contribution in [-0.2, 0) is 24.2 Å². The third kappa shape index (κ3) is 5.22. The van der Waals surface area contributed by atoms with Gasteiger partial charge >= 0.3 is 5.97 Å². The molecule has 0 N–H and O–H groups in total. The Labute approximate surface area is 120 Å². The summed E-state index contributed by atoms with van der Waals surface area (Å²) < 4.78 is 54.0. The second kappa shape index (κ2) is 7.26. The lowest BCUT2D eigenvalue weighted by Crippen LogP contribution is -2.18. The van der Waals surface area contributed by atoms with Gasteiger partial charge in [-0.25, -0.2) is 17.2 Å². The average Bonchev–Trinajstić information content (AvgIpc) is 2.39. The summed E-state index contributed by atoms with van der Waals surface area (Å²) in [6.07, 6.45) is -0.512. The largest absolute Gasteiger partial charge is 0.466 e. The van der Waals surface area contributed by atoms with E-state index < -0.39 is 43.9 Å². The molecular weight excluding hydrogens is 306 g/mol. The van der Waals surface area contributed by atoms with Crippen LogP contribution < -0.4 is 0 Å². The van der Waals surface area contributed by atoms with Crippen LogP contribution in [0.1, 0.15) is 19.8 Å². The molecule has 0 bridgehead atoms. The number of carbonyl (C=O) groups is 2. The van der Waals surface area contributed by atoms with E-state index in [9.17, 15) is 26.8 Å². The standard InChI is InChI=1S/C13H14F2O5S/c1-2-20-13(17)6-3-9(16)8-21(18,19)10-4-5-11(14)12(15)7-10/h4-5,7H,2-3,6,8H2,1H3. The topological polar surface area (TPSA) is 77.5 Å². The van der Waals surface area contributed by atoms with Gasteiger partial charge in [-0.1, -0.05) is 0 Å². The minimum absolute atomic E-state index is 0.167. The van der Waals surface area contributed by atoms with E-state index in [0.29, 0.717) is 12.1 Å². The molecule has 0 saturated heterocycles. The first kappa shape index (κ1) is 17.2. The van der Waals surface area contributed by atoms with Crippen LogP contribution in [0.3, 0.4) is 0 Å². The lowest BCUT2D eigenvalue weighted by atomic mass is 10.2. The van der Waals surface area contributed by atoms with E-state index in [0.717, 1.165) is 6.07 Å². The van der Waals surface area contributed by atoms with Crippen LogP contribution >= 0.6 is 0 Å². The molecule has 0 radical (unpaired) electrons. The quantitative estimate of drug-likeness (QED) is 0.564. The van der Waals surface area contributed by atoms with Crippen molar-refractivity contribution in [2.75, 3.05) is 12.4 Å². The first-order valence-electron chi connectivity index (χ1n) is 6.11. The van der Waals surface area contributed by atoms with Gasteiger partial charge in [0.05, 0.1) is 17.9 Å². The lowest BCUT2D eigenvalue weighted by molar-refractivity contribution is -0.144. The number of ether oxygens (including phenoxy) is 1. The molecular formula is C13H14F2O5S. The number of halogens is 2. The van der Waals surface area contributed by atoms with Crippen LogP contribution in [0.25, 0.3) is 0 Å². The number of ketones is 1. The lowest BCUT2D eigenvalue weighted by Gasteiger charge is -2.05. The number of rotatable bonds is 7. The number of hydrogen-bond acceptors (Lipinski definition) is 5. The molecule has 5 nitrogen and oxygen atoms in total. The highest BCUT2D eigenvalue weighted by atomic mass is 32.2. The predicted octanol–water partition coefficient (Wildman–Crippen LogP) is 1.65. The van der Waals surface area contributed by atoms with Gasteiger partial charge in [0, 0.05) is 6.42 Å². The van der Waals surface area contributed by atoms with Crippen molar-refractivity contribution in [3.05, 3.63) is 29.8 Å². The van der Waals surface area contributed by atoms with Gasteiger partial charge in [-0.05, 0) is 25.1 Å². The SMILES string of the molecule is CCOC(=O)CCC(=O)CS(=O)(=O)c1ccc(F)c(F)c1. The van der Waals surface area contributed by atoms with Crippen LogP contribution in [-0.4, -0.2) is 32.5 Å². The first-order chi connectivity index (χ1) is 9.76. The summed E-state index contributed by atoms with van der Waals surface area (Å²) in [6, 6.07) is 2.07. The Hall–Kier alpha value is -1.83. The Kier molecular flexibility index (Phi) is 5.95. The van der Waals surface area contributed by atoms with Crippen molar-refractivity contribution in [1.82, 2.24) is 0 Å². The van der Waals surface area contributed by atoms with Crippen LogP contribution in [0.2, 0.25) is 0 Å². The van der Waals surface area contributed by atoms with Gasteiger partial charge in [-0.3, -0.25) is 9.59 Å². The van der Waals surface area contributed by atoms with Crippen LogP contribution in [0.15, 0.2) is 23.1 Å². The molecule has 1 aromatic rings. The third-order valence-electron chi connectivity index (χ3n) is 2.51. The molecule has 0 fully saturated rings. The molecule has 0 aliphatic heterocycles. The molecule has 0 saturated carbocycles. The van der Waals surface area contributed by atoms with E-state index in [1.54, 1.807) is 6.92 Å². The smallest absolute Gasteiger partial charge is 0.306 e.